The number of phenolic OH excluding ortho intramolecular Hbond substituents is 1. The second kappa shape index (κ2) is 6.75. The van der Waals surface area contributed by atoms with Gasteiger partial charge in [0.25, 0.3) is 0 Å². The van der Waals surface area contributed by atoms with Gasteiger partial charge in [-0.25, -0.2) is 0 Å². The first-order valence-electron chi connectivity index (χ1n) is 7.94. The number of para-hydroxylation sites is 1. The average molecular weight is 294 g/mol. The van der Waals surface area contributed by atoms with Gasteiger partial charge in [-0.15, -0.1) is 0 Å². The highest BCUT2D eigenvalue weighted by atomic mass is 16.3. The van der Waals surface area contributed by atoms with Crippen molar-refractivity contribution >= 4 is 5.71 Å². The Morgan fingerprint density at radius 3 is 2.55 bits per heavy atom. The van der Waals surface area contributed by atoms with Gasteiger partial charge in [0.05, 0.1) is 0 Å². The fraction of sp³-hybridized carbons (Fsp3) is 0.316. The number of nitrogens with zero attached hydrogens (tertiary/aromatic N) is 1. The van der Waals surface area contributed by atoms with E-state index in [9.17, 15) is 5.11 Å². The SMILES string of the molecule is CCCC1N=C(c2ccccc2)CC(c2ccccc2O)N1. The Morgan fingerprint density at radius 1 is 1.09 bits per heavy atom. The van der Waals surface area contributed by atoms with Crippen LogP contribution in [0.2, 0.25) is 0 Å². The lowest BCUT2D eigenvalue weighted by molar-refractivity contribution is 0.391. The summed E-state index contributed by atoms with van der Waals surface area (Å²) in [5.74, 6) is 0.351. The van der Waals surface area contributed by atoms with E-state index in [2.05, 4.69) is 24.4 Å². The Bertz CT molecular complexity index is 651. The van der Waals surface area contributed by atoms with E-state index >= 15 is 0 Å². The maximum Gasteiger partial charge on any atom is 0.120 e. The van der Waals surface area contributed by atoms with Crippen LogP contribution in [-0.4, -0.2) is 17.0 Å². The molecule has 0 saturated carbocycles. The molecule has 0 bridgehead atoms. The van der Waals surface area contributed by atoms with Gasteiger partial charge in [0.2, 0.25) is 0 Å². The molecular formula is C19H22N2O. The number of hydrogen-bond donors (Lipinski definition) is 2. The van der Waals surface area contributed by atoms with Crippen LogP contribution in [0, 0.1) is 0 Å². The molecule has 0 aliphatic carbocycles. The Kier molecular flexibility index (Phi) is 4.54. The summed E-state index contributed by atoms with van der Waals surface area (Å²) >= 11 is 0. The molecule has 114 valence electrons. The summed E-state index contributed by atoms with van der Waals surface area (Å²) in [5.41, 5.74) is 3.24. The second-order valence-corrected chi connectivity index (χ2v) is 5.73. The lowest BCUT2D eigenvalue weighted by atomic mass is 9.94. The predicted octanol–water partition coefficient (Wildman–Crippen LogP) is 4.04. The number of hydrogen-bond acceptors (Lipinski definition) is 3. The number of benzene rings is 2. The minimum Gasteiger partial charge on any atom is -0.508 e. The standard InChI is InChI=1S/C19H22N2O/c1-2-8-19-20-16(14-9-4-3-5-10-14)13-17(21-19)15-11-6-7-12-18(15)22/h3-7,9-12,17,19,21-22H,2,8,13H2,1H3. The summed E-state index contributed by atoms with van der Waals surface area (Å²) in [6.07, 6.45) is 2.98. The molecule has 3 rings (SSSR count). The quantitative estimate of drug-likeness (QED) is 0.893. The first-order valence-corrected chi connectivity index (χ1v) is 7.94. The van der Waals surface area contributed by atoms with Crippen LogP contribution in [0.5, 0.6) is 5.75 Å². The molecule has 3 nitrogen and oxygen atoms in total. The molecule has 0 aromatic heterocycles. The van der Waals surface area contributed by atoms with Gasteiger partial charge in [-0.1, -0.05) is 61.9 Å². The summed E-state index contributed by atoms with van der Waals surface area (Å²) in [6, 6.07) is 18.0. The van der Waals surface area contributed by atoms with Crippen LogP contribution in [0.1, 0.15) is 43.4 Å². The monoisotopic (exact) mass is 294 g/mol. The Hall–Kier alpha value is -2.13. The van der Waals surface area contributed by atoms with Crippen LogP contribution in [0.15, 0.2) is 59.6 Å². The molecule has 0 fully saturated rings. The van der Waals surface area contributed by atoms with Crippen molar-refractivity contribution in [2.24, 2.45) is 4.99 Å². The van der Waals surface area contributed by atoms with Gasteiger partial charge in [-0.05, 0) is 18.1 Å². The second-order valence-electron chi connectivity index (χ2n) is 5.73. The van der Waals surface area contributed by atoms with Crippen molar-refractivity contribution in [2.45, 2.75) is 38.4 Å². The molecule has 3 heteroatoms. The van der Waals surface area contributed by atoms with E-state index in [0.29, 0.717) is 5.75 Å². The van der Waals surface area contributed by atoms with Gasteiger partial charge in [0.15, 0.2) is 0 Å². The maximum absolute atomic E-state index is 10.2. The fourth-order valence-electron chi connectivity index (χ4n) is 2.99. The number of nitrogens with one attached hydrogen (secondary N) is 1. The van der Waals surface area contributed by atoms with Crippen molar-refractivity contribution < 1.29 is 5.11 Å². The summed E-state index contributed by atoms with van der Waals surface area (Å²) in [4.78, 5) is 4.87. The van der Waals surface area contributed by atoms with E-state index in [1.54, 1.807) is 6.07 Å². The molecule has 0 spiro atoms. The van der Waals surface area contributed by atoms with E-state index < -0.39 is 0 Å². The van der Waals surface area contributed by atoms with E-state index in [0.717, 1.165) is 30.5 Å². The van der Waals surface area contributed by atoms with Crippen molar-refractivity contribution in [3.05, 3.63) is 65.7 Å². The summed E-state index contributed by atoms with van der Waals surface area (Å²) in [6.45, 7) is 2.17. The minimum atomic E-state index is 0.102. The van der Waals surface area contributed by atoms with Crippen molar-refractivity contribution in [2.75, 3.05) is 0 Å². The third-order valence-corrected chi connectivity index (χ3v) is 4.08. The predicted molar refractivity (Wildman–Crippen MR) is 90.3 cm³/mol. The van der Waals surface area contributed by atoms with Gasteiger partial charge in [0.1, 0.15) is 11.9 Å². The van der Waals surface area contributed by atoms with Gasteiger partial charge in [0, 0.05) is 23.7 Å². The third kappa shape index (κ3) is 3.20. The number of aliphatic imine (C=N–C) groups is 1. The summed E-state index contributed by atoms with van der Waals surface area (Å²) in [7, 11) is 0. The Balaban J connectivity index is 1.92. The van der Waals surface area contributed by atoms with Crippen LogP contribution >= 0.6 is 0 Å². The molecule has 2 N–H and O–H groups in total. The Morgan fingerprint density at radius 2 is 1.82 bits per heavy atom. The molecule has 22 heavy (non-hydrogen) atoms. The first-order chi connectivity index (χ1) is 10.8. The highest BCUT2D eigenvalue weighted by Gasteiger charge is 2.25. The zero-order valence-electron chi connectivity index (χ0n) is 12.9. The largest absolute Gasteiger partial charge is 0.508 e. The van der Waals surface area contributed by atoms with Gasteiger partial charge in [-0.3, -0.25) is 10.3 Å². The van der Waals surface area contributed by atoms with Crippen LogP contribution in [0.3, 0.4) is 0 Å². The highest BCUT2D eigenvalue weighted by molar-refractivity contribution is 6.01. The van der Waals surface area contributed by atoms with Crippen LogP contribution in [0.4, 0.5) is 0 Å². The van der Waals surface area contributed by atoms with Gasteiger partial charge < -0.3 is 5.11 Å². The molecule has 2 aromatic rings. The van der Waals surface area contributed by atoms with E-state index in [1.165, 1.54) is 5.56 Å². The first kappa shape index (κ1) is 14.8. The minimum absolute atomic E-state index is 0.102. The molecular weight excluding hydrogens is 272 g/mol. The van der Waals surface area contributed by atoms with Crippen molar-refractivity contribution in [1.29, 1.82) is 0 Å². The smallest absolute Gasteiger partial charge is 0.120 e. The van der Waals surface area contributed by atoms with Crippen molar-refractivity contribution in [3.8, 4) is 5.75 Å². The number of phenols is 1. The normalized spacial score (nSPS) is 21.4. The molecule has 0 amide bonds. The molecule has 1 heterocycles. The van der Waals surface area contributed by atoms with Crippen LogP contribution < -0.4 is 5.32 Å². The van der Waals surface area contributed by atoms with Gasteiger partial charge >= 0.3 is 0 Å². The number of rotatable bonds is 4. The molecule has 1 aliphatic rings. The molecule has 2 aromatic carbocycles. The zero-order valence-corrected chi connectivity index (χ0v) is 12.9. The average Bonchev–Trinajstić information content (AvgIpc) is 2.56. The molecule has 1 aliphatic heterocycles. The van der Waals surface area contributed by atoms with Crippen LogP contribution in [0.25, 0.3) is 0 Å². The Labute approximate surface area is 131 Å². The van der Waals surface area contributed by atoms with Crippen molar-refractivity contribution in [3.63, 3.8) is 0 Å². The van der Waals surface area contributed by atoms with E-state index in [4.69, 9.17) is 4.99 Å². The van der Waals surface area contributed by atoms with E-state index in [-0.39, 0.29) is 12.2 Å². The third-order valence-electron chi connectivity index (χ3n) is 4.08. The van der Waals surface area contributed by atoms with Gasteiger partial charge in [-0.2, -0.15) is 0 Å². The molecule has 0 saturated heterocycles. The topological polar surface area (TPSA) is 44.6 Å². The zero-order chi connectivity index (χ0) is 15.4. The summed E-state index contributed by atoms with van der Waals surface area (Å²) in [5, 5.41) is 13.7. The van der Waals surface area contributed by atoms with Crippen molar-refractivity contribution in [1.82, 2.24) is 5.32 Å². The lowest BCUT2D eigenvalue weighted by Gasteiger charge is -2.30. The number of aromatic hydroxyl groups is 1. The molecule has 2 atom stereocenters. The molecule has 0 radical (unpaired) electrons. The van der Waals surface area contributed by atoms with Crippen LogP contribution in [-0.2, 0) is 0 Å². The lowest BCUT2D eigenvalue weighted by Crippen LogP contribution is -2.38. The van der Waals surface area contributed by atoms with E-state index in [1.807, 2.05) is 36.4 Å². The highest BCUT2D eigenvalue weighted by Crippen LogP contribution is 2.31. The fourth-order valence-corrected chi connectivity index (χ4v) is 2.99. The molecule has 2 unspecified atom stereocenters. The maximum atomic E-state index is 10.2. The summed E-state index contributed by atoms with van der Waals surface area (Å²) < 4.78 is 0.